The van der Waals surface area contributed by atoms with E-state index in [2.05, 4.69) is 53.6 Å². The molecule has 0 fully saturated rings. The number of anilines is 2. The zero-order valence-corrected chi connectivity index (χ0v) is 19.8. The topological polar surface area (TPSA) is 47.6 Å². The number of nitrogens with zero attached hydrogens (tertiary/aromatic N) is 2. The van der Waals surface area contributed by atoms with Gasteiger partial charge in [-0.25, -0.2) is 0 Å². The van der Waals surface area contributed by atoms with Gasteiger partial charge < -0.3 is 20.4 Å². The average Bonchev–Trinajstić information content (AvgIpc) is 2.76. The molecule has 0 aliphatic carbocycles. The number of hydrogen-bond donors (Lipinski definition) is 2. The molecular formula is C25H32N4OS. The van der Waals surface area contributed by atoms with Gasteiger partial charge in [-0.05, 0) is 76.2 Å². The molecule has 6 heteroatoms. The molecule has 1 atom stereocenters. The zero-order chi connectivity index (χ0) is 22.5. The van der Waals surface area contributed by atoms with E-state index in [-0.39, 0.29) is 11.9 Å². The Morgan fingerprint density at radius 1 is 0.968 bits per heavy atom. The molecule has 164 valence electrons. The van der Waals surface area contributed by atoms with E-state index in [1.165, 1.54) is 5.69 Å². The van der Waals surface area contributed by atoms with Gasteiger partial charge in [-0.3, -0.25) is 4.79 Å². The van der Waals surface area contributed by atoms with Crippen LogP contribution in [0.25, 0.3) is 0 Å². The number of para-hydroxylation sites is 1. The van der Waals surface area contributed by atoms with E-state index in [0.29, 0.717) is 17.2 Å². The van der Waals surface area contributed by atoms with Crippen LogP contribution in [-0.2, 0) is 4.79 Å². The smallest absolute Gasteiger partial charge is 0.258 e. The van der Waals surface area contributed by atoms with Gasteiger partial charge in [-0.1, -0.05) is 30.3 Å². The van der Waals surface area contributed by atoms with Crippen molar-refractivity contribution in [1.82, 2.24) is 10.6 Å². The minimum Gasteiger partial charge on any atom is -0.372 e. The quantitative estimate of drug-likeness (QED) is 0.617. The molecule has 1 heterocycles. The lowest BCUT2D eigenvalue weighted by Gasteiger charge is -2.34. The first-order valence-corrected chi connectivity index (χ1v) is 11.3. The highest BCUT2D eigenvalue weighted by atomic mass is 32.1. The number of nitrogens with one attached hydrogen (secondary N) is 2. The second-order valence-corrected chi connectivity index (χ2v) is 8.08. The number of amides is 1. The van der Waals surface area contributed by atoms with Crippen molar-refractivity contribution >= 4 is 34.6 Å². The highest BCUT2D eigenvalue weighted by Gasteiger charge is 2.33. The average molecular weight is 437 g/mol. The van der Waals surface area contributed by atoms with Crippen LogP contribution in [0.1, 0.15) is 44.9 Å². The second kappa shape index (κ2) is 9.96. The van der Waals surface area contributed by atoms with Crippen molar-refractivity contribution < 1.29 is 4.79 Å². The minimum atomic E-state index is -0.301. The number of allylic oxidation sites excluding steroid dienone is 1. The molecule has 1 amide bonds. The molecule has 1 aliphatic heterocycles. The van der Waals surface area contributed by atoms with Crippen molar-refractivity contribution in [3.63, 3.8) is 0 Å². The van der Waals surface area contributed by atoms with E-state index < -0.39 is 0 Å². The highest BCUT2D eigenvalue weighted by Crippen LogP contribution is 2.31. The van der Waals surface area contributed by atoms with Gasteiger partial charge in [0.1, 0.15) is 0 Å². The molecule has 0 aromatic heterocycles. The molecule has 5 nitrogen and oxygen atoms in total. The van der Waals surface area contributed by atoms with Crippen molar-refractivity contribution in [1.29, 1.82) is 0 Å². The second-order valence-electron chi connectivity index (χ2n) is 7.67. The first-order valence-electron chi connectivity index (χ1n) is 10.9. The number of hydrogen-bond acceptors (Lipinski definition) is 3. The maximum atomic E-state index is 13.8. The van der Waals surface area contributed by atoms with Crippen molar-refractivity contribution in [3.8, 4) is 0 Å². The molecule has 0 spiro atoms. The van der Waals surface area contributed by atoms with Gasteiger partial charge in [0, 0.05) is 36.7 Å². The fourth-order valence-electron chi connectivity index (χ4n) is 4.13. The van der Waals surface area contributed by atoms with Crippen molar-refractivity contribution in [3.05, 3.63) is 70.9 Å². The standard InChI is InChI=1S/C25H32N4OS/c1-6-28(7-2)20-15-13-19(14-16-20)23-22(18(5)26-25(31)27-23)24(30)29(8-3)21-12-10-9-11-17(21)4/h9-16,23H,6-8H2,1-5H3,(H2,26,27,31). The Labute approximate surface area is 191 Å². The van der Waals surface area contributed by atoms with Gasteiger partial charge >= 0.3 is 0 Å². The Kier molecular flexibility index (Phi) is 7.33. The summed E-state index contributed by atoms with van der Waals surface area (Å²) in [7, 11) is 0. The van der Waals surface area contributed by atoms with Crippen LogP contribution in [0.5, 0.6) is 0 Å². The number of rotatable bonds is 7. The predicted molar refractivity (Wildman–Crippen MR) is 134 cm³/mol. The lowest BCUT2D eigenvalue weighted by Crippen LogP contribution is -2.47. The molecule has 0 saturated carbocycles. The summed E-state index contributed by atoms with van der Waals surface area (Å²) < 4.78 is 0. The van der Waals surface area contributed by atoms with Gasteiger partial charge in [-0.15, -0.1) is 0 Å². The third kappa shape index (κ3) is 4.74. The number of benzene rings is 2. The number of thiocarbonyl (C=S) groups is 1. The normalized spacial score (nSPS) is 15.9. The van der Waals surface area contributed by atoms with Gasteiger partial charge in [0.25, 0.3) is 5.91 Å². The number of likely N-dealkylation sites (N-methyl/N-ethyl adjacent to an activating group) is 1. The summed E-state index contributed by atoms with van der Waals surface area (Å²) in [6.07, 6.45) is 0. The molecule has 3 rings (SSSR count). The van der Waals surface area contributed by atoms with Crippen LogP contribution in [0.15, 0.2) is 59.8 Å². The largest absolute Gasteiger partial charge is 0.372 e. The Morgan fingerprint density at radius 3 is 2.19 bits per heavy atom. The summed E-state index contributed by atoms with van der Waals surface area (Å²) in [5, 5.41) is 7.00. The Balaban J connectivity index is 2.00. The van der Waals surface area contributed by atoms with Crippen molar-refractivity contribution in [2.75, 3.05) is 29.4 Å². The molecule has 0 saturated heterocycles. The van der Waals surface area contributed by atoms with Crippen LogP contribution in [0.2, 0.25) is 0 Å². The molecule has 1 unspecified atom stereocenters. The summed E-state index contributed by atoms with van der Waals surface area (Å²) in [4.78, 5) is 17.9. The molecule has 0 bridgehead atoms. The molecule has 2 aromatic rings. The van der Waals surface area contributed by atoms with Crippen molar-refractivity contribution in [2.45, 2.75) is 40.7 Å². The Bertz CT molecular complexity index is 979. The van der Waals surface area contributed by atoms with Gasteiger partial charge in [0.15, 0.2) is 5.11 Å². The summed E-state index contributed by atoms with van der Waals surface area (Å²) in [6.45, 7) is 12.7. The maximum Gasteiger partial charge on any atom is 0.258 e. The van der Waals surface area contributed by atoms with Crippen LogP contribution in [0.4, 0.5) is 11.4 Å². The number of aryl methyl sites for hydroxylation is 1. The summed E-state index contributed by atoms with van der Waals surface area (Å²) in [5.41, 5.74) is 5.67. The number of carbonyl (C=O) groups excluding carboxylic acids is 1. The Morgan fingerprint density at radius 2 is 1.61 bits per heavy atom. The molecule has 31 heavy (non-hydrogen) atoms. The fraction of sp³-hybridized carbons (Fsp3) is 0.360. The van der Waals surface area contributed by atoms with Crippen LogP contribution >= 0.6 is 12.2 Å². The van der Waals surface area contributed by atoms with E-state index in [1.54, 1.807) is 0 Å². The summed E-state index contributed by atoms with van der Waals surface area (Å²) >= 11 is 5.42. The van der Waals surface area contributed by atoms with Crippen LogP contribution in [-0.4, -0.2) is 30.7 Å². The molecule has 2 N–H and O–H groups in total. The van der Waals surface area contributed by atoms with Crippen LogP contribution in [0.3, 0.4) is 0 Å². The van der Waals surface area contributed by atoms with Gasteiger partial charge in [-0.2, -0.15) is 0 Å². The van der Waals surface area contributed by atoms with Gasteiger partial charge in [0.05, 0.1) is 11.6 Å². The fourth-order valence-corrected chi connectivity index (χ4v) is 4.40. The van der Waals surface area contributed by atoms with Gasteiger partial charge in [0.2, 0.25) is 0 Å². The summed E-state index contributed by atoms with van der Waals surface area (Å²) in [6, 6.07) is 16.1. The molecule has 1 aliphatic rings. The first-order chi connectivity index (χ1) is 14.9. The van der Waals surface area contributed by atoms with Crippen molar-refractivity contribution in [2.24, 2.45) is 0 Å². The molecular weight excluding hydrogens is 404 g/mol. The lowest BCUT2D eigenvalue weighted by atomic mass is 9.94. The zero-order valence-electron chi connectivity index (χ0n) is 19.0. The van der Waals surface area contributed by atoms with Crippen LogP contribution in [0, 0.1) is 6.92 Å². The monoisotopic (exact) mass is 436 g/mol. The van der Waals surface area contributed by atoms with E-state index >= 15 is 0 Å². The maximum absolute atomic E-state index is 13.8. The summed E-state index contributed by atoms with van der Waals surface area (Å²) in [5.74, 6) is -0.0189. The van der Waals surface area contributed by atoms with E-state index in [1.807, 2.05) is 49.9 Å². The third-order valence-electron chi connectivity index (χ3n) is 5.82. The molecule has 0 radical (unpaired) electrons. The number of carbonyl (C=O) groups is 1. The third-order valence-corrected chi connectivity index (χ3v) is 6.04. The van der Waals surface area contributed by atoms with E-state index in [4.69, 9.17) is 12.2 Å². The van der Waals surface area contributed by atoms with E-state index in [0.717, 1.165) is 35.6 Å². The first kappa shape index (κ1) is 22.8. The SMILES string of the molecule is CCN(CC)c1ccc(C2NC(=S)NC(C)=C2C(=O)N(CC)c2ccccc2C)cc1. The lowest BCUT2D eigenvalue weighted by molar-refractivity contribution is -0.115. The van der Waals surface area contributed by atoms with E-state index in [9.17, 15) is 4.79 Å². The minimum absolute atomic E-state index is 0.0189. The van der Waals surface area contributed by atoms with Crippen LogP contribution < -0.4 is 20.4 Å². The molecule has 2 aromatic carbocycles. The Hall–Kier alpha value is -2.86. The highest BCUT2D eigenvalue weighted by molar-refractivity contribution is 7.80. The predicted octanol–water partition coefficient (Wildman–Crippen LogP) is 4.69.